The third kappa shape index (κ3) is 2.97. The van der Waals surface area contributed by atoms with Crippen LogP contribution in [-0.4, -0.2) is 27.3 Å². The summed E-state index contributed by atoms with van der Waals surface area (Å²) >= 11 is 5.29. The Hall–Kier alpha value is -0.460. The highest BCUT2D eigenvalue weighted by molar-refractivity contribution is 8.02. The van der Waals surface area contributed by atoms with Gasteiger partial charge >= 0.3 is 0 Å². The Morgan fingerprint density at radius 2 is 2.23 bits per heavy atom. The molecule has 3 nitrogen and oxygen atoms in total. The van der Waals surface area contributed by atoms with Gasteiger partial charge in [0, 0.05) is 22.9 Å². The first kappa shape index (κ1) is 16.4. The number of aryl methyl sites for hydroxylation is 1. The quantitative estimate of drug-likeness (QED) is 0.461. The van der Waals surface area contributed by atoms with Crippen molar-refractivity contribution >= 4 is 45.1 Å². The molecule has 0 bridgehead atoms. The van der Waals surface area contributed by atoms with Crippen molar-refractivity contribution in [3.05, 3.63) is 20.8 Å². The maximum Gasteiger partial charge on any atom is 0.263 e. The Morgan fingerprint density at radius 1 is 1.41 bits per heavy atom. The average Bonchev–Trinajstić information content (AvgIpc) is 2.85. The van der Waals surface area contributed by atoms with Gasteiger partial charge in [-0.05, 0) is 43.9 Å². The summed E-state index contributed by atoms with van der Waals surface area (Å²) in [6.45, 7) is 5.04. The van der Waals surface area contributed by atoms with E-state index in [2.05, 4.69) is 13.2 Å². The molecular weight excluding hydrogens is 332 g/mol. The molecule has 0 saturated heterocycles. The van der Waals surface area contributed by atoms with Gasteiger partial charge in [-0.25, -0.2) is 4.98 Å². The van der Waals surface area contributed by atoms with Crippen molar-refractivity contribution in [1.82, 2.24) is 9.55 Å². The van der Waals surface area contributed by atoms with E-state index in [1.165, 1.54) is 16.9 Å². The zero-order valence-corrected chi connectivity index (χ0v) is 15.8. The minimum absolute atomic E-state index is 0.172. The maximum absolute atomic E-state index is 12.9. The Balaban J connectivity index is 2.10. The SMILES string of the molecule is CCn1c(SCCSC)nc2sc3c(c2c1=O)CC[C@@H](C)C3. The van der Waals surface area contributed by atoms with Crippen molar-refractivity contribution < 1.29 is 0 Å². The molecule has 0 N–H and O–H groups in total. The van der Waals surface area contributed by atoms with Crippen LogP contribution in [0.25, 0.3) is 10.2 Å². The van der Waals surface area contributed by atoms with E-state index < -0.39 is 0 Å². The summed E-state index contributed by atoms with van der Waals surface area (Å²) in [6.07, 6.45) is 5.44. The van der Waals surface area contributed by atoms with Gasteiger partial charge in [0.1, 0.15) is 4.83 Å². The highest BCUT2D eigenvalue weighted by Gasteiger charge is 2.24. The van der Waals surface area contributed by atoms with Crippen molar-refractivity contribution in [3.63, 3.8) is 0 Å². The summed E-state index contributed by atoms with van der Waals surface area (Å²) in [6, 6.07) is 0. The van der Waals surface area contributed by atoms with E-state index in [1.807, 2.05) is 23.3 Å². The Labute approximate surface area is 143 Å². The molecule has 2 heterocycles. The van der Waals surface area contributed by atoms with Gasteiger partial charge in [-0.15, -0.1) is 11.3 Å². The molecule has 120 valence electrons. The first-order valence-electron chi connectivity index (χ1n) is 7.82. The van der Waals surface area contributed by atoms with Gasteiger partial charge in [-0.3, -0.25) is 9.36 Å². The fourth-order valence-electron chi connectivity index (χ4n) is 3.01. The van der Waals surface area contributed by atoms with Gasteiger partial charge in [0.2, 0.25) is 0 Å². The zero-order valence-electron chi connectivity index (χ0n) is 13.3. The summed E-state index contributed by atoms with van der Waals surface area (Å²) in [5.41, 5.74) is 1.46. The fourth-order valence-corrected chi connectivity index (χ4v) is 6.15. The number of fused-ring (bicyclic) bond motifs is 3. The molecule has 22 heavy (non-hydrogen) atoms. The van der Waals surface area contributed by atoms with Crippen molar-refractivity contribution in [2.75, 3.05) is 17.8 Å². The topological polar surface area (TPSA) is 34.9 Å². The second kappa shape index (κ2) is 6.97. The van der Waals surface area contributed by atoms with E-state index in [9.17, 15) is 4.79 Å². The number of nitrogens with zero attached hydrogens (tertiary/aromatic N) is 2. The van der Waals surface area contributed by atoms with Crippen molar-refractivity contribution in [1.29, 1.82) is 0 Å². The molecule has 0 unspecified atom stereocenters. The fraction of sp³-hybridized carbons (Fsp3) is 0.625. The molecule has 0 amide bonds. The van der Waals surface area contributed by atoms with Crippen LogP contribution in [0.5, 0.6) is 0 Å². The van der Waals surface area contributed by atoms with E-state index in [0.717, 1.165) is 45.6 Å². The number of thiophene rings is 1. The molecule has 1 aliphatic rings. The largest absolute Gasteiger partial charge is 0.287 e. The minimum Gasteiger partial charge on any atom is -0.287 e. The molecule has 0 aromatic carbocycles. The molecule has 2 aromatic rings. The first-order valence-corrected chi connectivity index (χ1v) is 11.0. The smallest absolute Gasteiger partial charge is 0.263 e. The van der Waals surface area contributed by atoms with E-state index in [4.69, 9.17) is 4.98 Å². The van der Waals surface area contributed by atoms with Gasteiger partial charge < -0.3 is 0 Å². The van der Waals surface area contributed by atoms with E-state index in [-0.39, 0.29) is 5.56 Å². The van der Waals surface area contributed by atoms with Crippen molar-refractivity contribution in [2.24, 2.45) is 5.92 Å². The molecule has 0 spiro atoms. The van der Waals surface area contributed by atoms with Crippen LogP contribution >= 0.6 is 34.9 Å². The lowest BCUT2D eigenvalue weighted by Gasteiger charge is -2.17. The molecule has 0 saturated carbocycles. The number of hydrogen-bond donors (Lipinski definition) is 0. The normalized spacial score (nSPS) is 17.9. The van der Waals surface area contributed by atoms with Crippen LogP contribution in [-0.2, 0) is 19.4 Å². The number of aromatic nitrogens is 2. The Bertz CT molecular complexity index is 735. The minimum atomic E-state index is 0.172. The summed E-state index contributed by atoms with van der Waals surface area (Å²) in [4.78, 5) is 20.1. The first-order chi connectivity index (χ1) is 10.7. The number of rotatable bonds is 5. The van der Waals surface area contributed by atoms with Crippen LogP contribution in [0.1, 0.15) is 30.7 Å². The highest BCUT2D eigenvalue weighted by Crippen LogP contribution is 2.36. The molecule has 0 aliphatic heterocycles. The average molecular weight is 355 g/mol. The van der Waals surface area contributed by atoms with E-state index in [1.54, 1.807) is 23.1 Å². The third-order valence-corrected chi connectivity index (χ3v) is 7.21. The van der Waals surface area contributed by atoms with Crippen molar-refractivity contribution in [2.45, 2.75) is 44.8 Å². The van der Waals surface area contributed by atoms with Crippen LogP contribution in [0.3, 0.4) is 0 Å². The van der Waals surface area contributed by atoms with Gasteiger partial charge in [0.15, 0.2) is 5.16 Å². The lowest BCUT2D eigenvalue weighted by atomic mass is 9.89. The molecule has 0 radical (unpaired) electrons. The molecule has 6 heteroatoms. The lowest BCUT2D eigenvalue weighted by Crippen LogP contribution is -2.23. The Kier molecular flexibility index (Phi) is 5.20. The van der Waals surface area contributed by atoms with E-state index >= 15 is 0 Å². The monoisotopic (exact) mass is 354 g/mol. The van der Waals surface area contributed by atoms with Gasteiger partial charge in [0.05, 0.1) is 5.39 Å². The summed E-state index contributed by atoms with van der Waals surface area (Å²) in [5, 5.41) is 1.80. The molecule has 1 atom stereocenters. The molecule has 1 aliphatic carbocycles. The molecule has 3 rings (SSSR count). The highest BCUT2D eigenvalue weighted by atomic mass is 32.2. The third-order valence-electron chi connectivity index (χ3n) is 4.22. The summed E-state index contributed by atoms with van der Waals surface area (Å²) < 4.78 is 1.86. The molecule has 2 aromatic heterocycles. The van der Waals surface area contributed by atoms with Crippen LogP contribution in [0.15, 0.2) is 9.95 Å². The van der Waals surface area contributed by atoms with Crippen LogP contribution < -0.4 is 5.56 Å². The Morgan fingerprint density at radius 3 is 2.95 bits per heavy atom. The van der Waals surface area contributed by atoms with Gasteiger partial charge in [-0.2, -0.15) is 11.8 Å². The van der Waals surface area contributed by atoms with Crippen LogP contribution in [0.4, 0.5) is 0 Å². The van der Waals surface area contributed by atoms with Crippen LogP contribution in [0, 0.1) is 5.92 Å². The standard InChI is InChI=1S/C16H22N2OS3/c1-4-18-15(19)13-11-6-5-10(2)9-12(11)22-14(13)17-16(18)21-8-7-20-3/h10H,4-9H2,1-3H3/t10-/m1/s1. The molecular formula is C16H22N2OS3. The summed E-state index contributed by atoms with van der Waals surface area (Å²) in [5.74, 6) is 2.81. The maximum atomic E-state index is 12.9. The van der Waals surface area contributed by atoms with Crippen LogP contribution in [0.2, 0.25) is 0 Å². The van der Waals surface area contributed by atoms with Gasteiger partial charge in [0.25, 0.3) is 5.56 Å². The molecule has 0 fully saturated rings. The second-order valence-corrected chi connectivity index (χ2v) is 8.95. The predicted octanol–water partition coefficient (Wildman–Crippen LogP) is 4.06. The number of hydrogen-bond acceptors (Lipinski definition) is 5. The van der Waals surface area contributed by atoms with Gasteiger partial charge in [-0.1, -0.05) is 18.7 Å². The van der Waals surface area contributed by atoms with Crippen molar-refractivity contribution in [3.8, 4) is 0 Å². The predicted molar refractivity (Wildman–Crippen MR) is 99.8 cm³/mol. The second-order valence-electron chi connectivity index (χ2n) is 5.82. The van der Waals surface area contributed by atoms with E-state index in [0.29, 0.717) is 6.54 Å². The zero-order chi connectivity index (χ0) is 15.7. The lowest BCUT2D eigenvalue weighted by molar-refractivity contribution is 0.509. The summed E-state index contributed by atoms with van der Waals surface area (Å²) in [7, 11) is 0. The number of thioether (sulfide) groups is 2.